The van der Waals surface area contributed by atoms with Gasteiger partial charge in [0.25, 0.3) is 0 Å². The third kappa shape index (κ3) is 3.55. The van der Waals surface area contributed by atoms with Gasteiger partial charge < -0.3 is 9.88 Å². The van der Waals surface area contributed by atoms with Crippen molar-refractivity contribution < 1.29 is 8.42 Å². The van der Waals surface area contributed by atoms with E-state index in [-0.39, 0.29) is 10.9 Å². The van der Waals surface area contributed by atoms with Crippen molar-refractivity contribution in [2.75, 3.05) is 5.32 Å². The van der Waals surface area contributed by atoms with Gasteiger partial charge in [-0.15, -0.1) is 0 Å². The lowest BCUT2D eigenvalue weighted by atomic mass is 10.2. The molecular formula is C12H16N4O2S. The first-order valence-corrected chi connectivity index (χ1v) is 7.35. The highest BCUT2D eigenvalue weighted by Crippen LogP contribution is 2.20. The Morgan fingerprint density at radius 3 is 2.79 bits per heavy atom. The molecule has 0 saturated carbocycles. The van der Waals surface area contributed by atoms with Gasteiger partial charge in [-0.25, -0.2) is 18.5 Å². The first kappa shape index (κ1) is 13.6. The summed E-state index contributed by atoms with van der Waals surface area (Å²) in [4.78, 5) is 4.06. The molecule has 0 fully saturated rings. The van der Waals surface area contributed by atoms with E-state index in [0.29, 0.717) is 12.2 Å². The number of sulfonamides is 1. The number of benzene rings is 1. The molecule has 1 aromatic heterocycles. The van der Waals surface area contributed by atoms with Crippen LogP contribution in [-0.2, 0) is 16.6 Å². The maximum absolute atomic E-state index is 11.5. The molecule has 0 aliphatic heterocycles. The van der Waals surface area contributed by atoms with E-state index >= 15 is 0 Å². The van der Waals surface area contributed by atoms with Gasteiger partial charge >= 0.3 is 0 Å². The third-order valence-corrected chi connectivity index (χ3v) is 3.61. The van der Waals surface area contributed by atoms with Crippen molar-refractivity contribution in [1.29, 1.82) is 0 Å². The van der Waals surface area contributed by atoms with Gasteiger partial charge in [0.2, 0.25) is 10.0 Å². The lowest BCUT2D eigenvalue weighted by molar-refractivity contribution is 0.596. The van der Waals surface area contributed by atoms with Crippen LogP contribution < -0.4 is 10.5 Å². The number of nitrogens with one attached hydrogen (secondary N) is 1. The minimum Gasteiger partial charge on any atom is -0.380 e. The lowest BCUT2D eigenvalue weighted by Crippen LogP contribution is -2.23. The highest BCUT2D eigenvalue weighted by molar-refractivity contribution is 7.89. The topological polar surface area (TPSA) is 90.0 Å². The summed E-state index contributed by atoms with van der Waals surface area (Å²) in [6.07, 6.45) is 5.26. The molecule has 1 unspecified atom stereocenters. The normalized spacial score (nSPS) is 13.2. The molecule has 19 heavy (non-hydrogen) atoms. The van der Waals surface area contributed by atoms with E-state index in [4.69, 9.17) is 5.14 Å². The number of hydrogen-bond donors (Lipinski definition) is 2. The second-order valence-electron chi connectivity index (χ2n) is 4.35. The van der Waals surface area contributed by atoms with Crippen LogP contribution in [0.5, 0.6) is 0 Å². The number of nitrogens with two attached hydrogens (primary N) is 1. The summed E-state index contributed by atoms with van der Waals surface area (Å²) in [5.41, 5.74) is 0.512. The van der Waals surface area contributed by atoms with Gasteiger partial charge in [-0.2, -0.15) is 0 Å². The first-order valence-electron chi connectivity index (χ1n) is 5.81. The van der Waals surface area contributed by atoms with Gasteiger partial charge in [-0.1, -0.05) is 12.1 Å². The van der Waals surface area contributed by atoms with Gasteiger partial charge in [0.15, 0.2) is 0 Å². The van der Waals surface area contributed by atoms with Gasteiger partial charge in [0, 0.05) is 25.0 Å². The molecule has 0 aliphatic carbocycles. The predicted octanol–water partition coefficient (Wildman–Crippen LogP) is 1.03. The maximum atomic E-state index is 11.5. The Balaban J connectivity index is 2.15. The molecule has 102 valence electrons. The van der Waals surface area contributed by atoms with Crippen LogP contribution in [0.25, 0.3) is 0 Å². The summed E-state index contributed by atoms with van der Waals surface area (Å²) < 4.78 is 24.9. The Hall–Kier alpha value is -1.86. The van der Waals surface area contributed by atoms with E-state index in [1.807, 2.05) is 17.7 Å². The Labute approximate surface area is 112 Å². The number of nitrogens with zero attached hydrogens (tertiary/aromatic N) is 2. The van der Waals surface area contributed by atoms with Crippen LogP contribution in [0.15, 0.2) is 47.9 Å². The predicted molar refractivity (Wildman–Crippen MR) is 73.1 cm³/mol. The van der Waals surface area contributed by atoms with Crippen LogP contribution in [0, 0.1) is 0 Å². The molecule has 1 heterocycles. The first-order chi connectivity index (χ1) is 8.97. The fraction of sp³-hybridized carbons (Fsp3) is 0.250. The highest BCUT2D eigenvalue weighted by atomic mass is 32.2. The Kier molecular flexibility index (Phi) is 3.87. The van der Waals surface area contributed by atoms with Crippen LogP contribution in [0.4, 0.5) is 5.69 Å². The Morgan fingerprint density at radius 1 is 1.42 bits per heavy atom. The van der Waals surface area contributed by atoms with E-state index in [1.165, 1.54) is 6.07 Å². The molecule has 3 N–H and O–H groups in total. The summed E-state index contributed by atoms with van der Waals surface area (Å²) in [5, 5.41) is 8.33. The largest absolute Gasteiger partial charge is 0.380 e. The fourth-order valence-corrected chi connectivity index (χ4v) is 2.56. The number of para-hydroxylation sites is 1. The highest BCUT2D eigenvalue weighted by Gasteiger charge is 2.14. The second kappa shape index (κ2) is 5.41. The zero-order valence-corrected chi connectivity index (χ0v) is 11.3. The van der Waals surface area contributed by atoms with Crippen molar-refractivity contribution in [2.45, 2.75) is 24.4 Å². The van der Waals surface area contributed by atoms with Crippen LogP contribution in [0.3, 0.4) is 0 Å². The second-order valence-corrected chi connectivity index (χ2v) is 5.88. The van der Waals surface area contributed by atoms with Gasteiger partial charge in [-0.3, -0.25) is 0 Å². The summed E-state index contributed by atoms with van der Waals surface area (Å²) in [6.45, 7) is 2.64. The van der Waals surface area contributed by atoms with E-state index < -0.39 is 10.0 Å². The van der Waals surface area contributed by atoms with Crippen molar-refractivity contribution in [2.24, 2.45) is 5.14 Å². The molecule has 0 radical (unpaired) electrons. The van der Waals surface area contributed by atoms with E-state index in [2.05, 4.69) is 10.3 Å². The molecule has 0 spiro atoms. The average Bonchev–Trinajstić information content (AvgIpc) is 2.81. The average molecular weight is 280 g/mol. The molecule has 7 heteroatoms. The number of rotatable bonds is 5. The molecule has 6 nitrogen and oxygen atoms in total. The minimum atomic E-state index is -3.72. The number of primary sulfonamides is 1. The van der Waals surface area contributed by atoms with E-state index in [1.54, 1.807) is 30.7 Å². The molecule has 0 saturated heterocycles. The quantitative estimate of drug-likeness (QED) is 0.856. The molecule has 0 aliphatic rings. The smallest absolute Gasteiger partial charge is 0.240 e. The standard InChI is InChI=1S/C12H16N4O2S/c1-10(8-16-7-6-14-9-16)15-11-4-2-3-5-12(11)19(13,17)18/h2-7,9-10,15H,8H2,1H3,(H2,13,17,18). The Morgan fingerprint density at radius 2 is 2.16 bits per heavy atom. The van der Waals surface area contributed by atoms with Crippen molar-refractivity contribution in [3.05, 3.63) is 43.0 Å². The van der Waals surface area contributed by atoms with Crippen LogP contribution in [-0.4, -0.2) is 24.0 Å². The summed E-state index contributed by atoms with van der Waals surface area (Å²) in [5.74, 6) is 0. The summed E-state index contributed by atoms with van der Waals surface area (Å²) >= 11 is 0. The SMILES string of the molecule is CC(Cn1ccnc1)Nc1ccccc1S(N)(=O)=O. The molecule has 0 bridgehead atoms. The molecule has 0 amide bonds. The number of anilines is 1. The van der Waals surface area contributed by atoms with E-state index in [9.17, 15) is 8.42 Å². The van der Waals surface area contributed by atoms with Gasteiger partial charge in [-0.05, 0) is 19.1 Å². The molecule has 1 atom stereocenters. The lowest BCUT2D eigenvalue weighted by Gasteiger charge is -2.17. The van der Waals surface area contributed by atoms with Crippen molar-refractivity contribution in [1.82, 2.24) is 9.55 Å². The zero-order valence-electron chi connectivity index (χ0n) is 10.5. The van der Waals surface area contributed by atoms with Crippen molar-refractivity contribution in [3.63, 3.8) is 0 Å². The van der Waals surface area contributed by atoms with Crippen molar-refractivity contribution in [3.8, 4) is 0 Å². The summed E-state index contributed by atoms with van der Waals surface area (Å²) in [7, 11) is -3.72. The summed E-state index contributed by atoms with van der Waals surface area (Å²) in [6, 6.07) is 6.63. The zero-order chi connectivity index (χ0) is 13.9. The Bertz CT molecular complexity index is 638. The maximum Gasteiger partial charge on any atom is 0.240 e. The van der Waals surface area contributed by atoms with Crippen LogP contribution in [0.1, 0.15) is 6.92 Å². The van der Waals surface area contributed by atoms with Crippen molar-refractivity contribution >= 4 is 15.7 Å². The number of imidazole rings is 1. The molecule has 1 aromatic carbocycles. The van der Waals surface area contributed by atoms with E-state index in [0.717, 1.165) is 0 Å². The molecular weight excluding hydrogens is 264 g/mol. The minimum absolute atomic E-state index is 0.0390. The molecule has 2 rings (SSSR count). The fourth-order valence-electron chi connectivity index (χ4n) is 1.86. The number of aromatic nitrogens is 2. The molecule has 2 aromatic rings. The van der Waals surface area contributed by atoms with Crippen LogP contribution in [0.2, 0.25) is 0 Å². The van der Waals surface area contributed by atoms with Gasteiger partial charge in [0.05, 0.1) is 12.0 Å². The monoisotopic (exact) mass is 280 g/mol. The van der Waals surface area contributed by atoms with Gasteiger partial charge in [0.1, 0.15) is 4.90 Å². The third-order valence-electron chi connectivity index (χ3n) is 2.64. The number of hydrogen-bond acceptors (Lipinski definition) is 4. The van der Waals surface area contributed by atoms with Crippen LogP contribution >= 0.6 is 0 Å².